The minimum atomic E-state index is 0. The summed E-state index contributed by atoms with van der Waals surface area (Å²) in [5.41, 5.74) is 12.8. The summed E-state index contributed by atoms with van der Waals surface area (Å²) in [4.78, 5) is 14.6. The van der Waals surface area contributed by atoms with E-state index in [0.29, 0.717) is 0 Å². The standard InChI is InChI=1S/C30H37N3.3ClH.V/c1-8-23-12-20(5)13-24(9-2)29(23)31-18-27-16-22(7)17-28(33-27)19-32-30-25(10-3)14-21(6)15-26(30)11-4;;;;/h12-19H,8-11H2,1-7H3;3*1H;/q;;;;+3/p-3. The summed E-state index contributed by atoms with van der Waals surface area (Å²) < 4.78 is 0. The van der Waals surface area contributed by atoms with Gasteiger partial charge in [0.25, 0.3) is 0 Å². The van der Waals surface area contributed by atoms with Crippen molar-refractivity contribution in [2.75, 3.05) is 0 Å². The van der Waals surface area contributed by atoms with E-state index in [-0.39, 0.29) is 55.8 Å². The molecule has 7 heteroatoms. The molecule has 0 bridgehead atoms. The Morgan fingerprint density at radius 2 is 0.811 bits per heavy atom. The van der Waals surface area contributed by atoms with Crippen molar-refractivity contribution in [2.45, 2.75) is 74.1 Å². The van der Waals surface area contributed by atoms with Crippen molar-refractivity contribution in [3.63, 3.8) is 0 Å². The Morgan fingerprint density at radius 1 is 0.541 bits per heavy atom. The predicted octanol–water partition coefficient (Wildman–Crippen LogP) is -1.23. The summed E-state index contributed by atoms with van der Waals surface area (Å²) in [6.07, 6.45) is 7.67. The maximum atomic E-state index is 4.89. The smallest absolute Gasteiger partial charge is 1.00 e. The second-order valence-corrected chi connectivity index (χ2v) is 8.79. The van der Waals surface area contributed by atoms with Gasteiger partial charge >= 0.3 is 18.6 Å². The Balaban J connectivity index is 0. The zero-order valence-corrected chi connectivity index (χ0v) is 26.5. The van der Waals surface area contributed by atoms with Crippen molar-refractivity contribution in [3.8, 4) is 0 Å². The number of nitrogens with zero attached hydrogens (tertiary/aromatic N) is 3. The summed E-state index contributed by atoms with van der Waals surface area (Å²) in [6, 6.07) is 13.1. The van der Waals surface area contributed by atoms with Gasteiger partial charge in [0.1, 0.15) is 0 Å². The molecule has 37 heavy (non-hydrogen) atoms. The number of pyridine rings is 1. The average molecular weight is 597 g/mol. The van der Waals surface area contributed by atoms with E-state index in [1.54, 1.807) is 0 Å². The zero-order valence-electron chi connectivity index (χ0n) is 22.9. The van der Waals surface area contributed by atoms with Gasteiger partial charge in [0.05, 0.1) is 35.2 Å². The molecular formula is C30H37Cl3N3V. The second kappa shape index (κ2) is 17.8. The summed E-state index contributed by atoms with van der Waals surface area (Å²) >= 11 is 0. The minimum absolute atomic E-state index is 0. The fourth-order valence-electron chi connectivity index (χ4n) is 4.39. The Kier molecular flexibility index (Phi) is 18.1. The summed E-state index contributed by atoms with van der Waals surface area (Å²) in [6.45, 7) is 15.2. The number of halogens is 3. The van der Waals surface area contributed by atoms with E-state index in [2.05, 4.69) is 84.9 Å². The third kappa shape index (κ3) is 9.89. The topological polar surface area (TPSA) is 37.6 Å². The van der Waals surface area contributed by atoms with Crippen LogP contribution in [0.15, 0.2) is 46.4 Å². The van der Waals surface area contributed by atoms with E-state index in [4.69, 9.17) is 15.0 Å². The van der Waals surface area contributed by atoms with Gasteiger partial charge in [0.15, 0.2) is 0 Å². The number of rotatable bonds is 8. The zero-order chi connectivity index (χ0) is 24.0. The molecule has 3 aromatic rings. The van der Waals surface area contributed by atoms with Gasteiger partial charge in [0, 0.05) is 0 Å². The quantitative estimate of drug-likeness (QED) is 0.300. The van der Waals surface area contributed by atoms with Crippen molar-refractivity contribution >= 4 is 23.8 Å². The van der Waals surface area contributed by atoms with Crippen molar-refractivity contribution in [3.05, 3.63) is 86.7 Å². The first-order valence-electron chi connectivity index (χ1n) is 12.2. The predicted molar refractivity (Wildman–Crippen MR) is 143 cm³/mol. The molecule has 0 N–H and O–H groups in total. The van der Waals surface area contributed by atoms with Crippen molar-refractivity contribution in [2.24, 2.45) is 9.98 Å². The number of aromatic nitrogens is 1. The molecule has 1 heterocycles. The number of aliphatic imine (C=N–C) groups is 2. The molecule has 0 atom stereocenters. The van der Waals surface area contributed by atoms with Crippen LogP contribution in [0.3, 0.4) is 0 Å². The Bertz CT molecular complexity index is 1070. The fourth-order valence-corrected chi connectivity index (χ4v) is 4.39. The SMILES string of the molecule is CCc1cc(C)cc(CC)c1N=Cc1cc(C)cc(C=Nc2c(CC)cc(C)cc2CC)n1.[Cl-].[Cl-].[Cl-].[V+3]. The van der Waals surface area contributed by atoms with Crippen LogP contribution in [0.25, 0.3) is 0 Å². The van der Waals surface area contributed by atoms with Gasteiger partial charge in [0.2, 0.25) is 0 Å². The van der Waals surface area contributed by atoms with E-state index in [1.165, 1.54) is 33.4 Å². The van der Waals surface area contributed by atoms with E-state index < -0.39 is 0 Å². The third-order valence-electron chi connectivity index (χ3n) is 6.01. The molecule has 0 aliphatic carbocycles. The van der Waals surface area contributed by atoms with Crippen LogP contribution in [-0.4, -0.2) is 17.4 Å². The van der Waals surface area contributed by atoms with Crippen molar-refractivity contribution < 1.29 is 55.8 Å². The van der Waals surface area contributed by atoms with E-state index >= 15 is 0 Å². The van der Waals surface area contributed by atoms with Crippen LogP contribution in [0.1, 0.15) is 78.0 Å². The molecule has 0 saturated heterocycles. The van der Waals surface area contributed by atoms with Gasteiger partial charge < -0.3 is 37.2 Å². The van der Waals surface area contributed by atoms with Crippen molar-refractivity contribution in [1.29, 1.82) is 0 Å². The molecule has 1 aromatic heterocycles. The molecule has 0 aliphatic heterocycles. The number of hydrogen-bond donors (Lipinski definition) is 0. The van der Waals surface area contributed by atoms with Crippen LogP contribution in [0, 0.1) is 20.8 Å². The Hall–Kier alpha value is -1.62. The first-order valence-corrected chi connectivity index (χ1v) is 12.2. The second-order valence-electron chi connectivity index (χ2n) is 8.79. The normalized spacial score (nSPS) is 10.5. The van der Waals surface area contributed by atoms with E-state index in [9.17, 15) is 0 Å². The third-order valence-corrected chi connectivity index (χ3v) is 6.01. The molecule has 0 spiro atoms. The van der Waals surface area contributed by atoms with Gasteiger partial charge in [-0.1, -0.05) is 63.1 Å². The molecule has 0 saturated carbocycles. The molecule has 0 amide bonds. The number of benzene rings is 2. The molecule has 3 rings (SSSR count). The van der Waals surface area contributed by atoms with Crippen LogP contribution < -0.4 is 37.2 Å². The molecule has 0 radical (unpaired) electrons. The van der Waals surface area contributed by atoms with Gasteiger partial charge in [-0.2, -0.15) is 0 Å². The maximum absolute atomic E-state index is 4.89. The molecule has 0 aliphatic rings. The molecule has 3 nitrogen and oxygen atoms in total. The number of aryl methyl sites for hydroxylation is 7. The van der Waals surface area contributed by atoms with Gasteiger partial charge in [-0.3, -0.25) is 9.98 Å². The average Bonchev–Trinajstić information content (AvgIpc) is 2.80. The van der Waals surface area contributed by atoms with Crippen LogP contribution in [0.5, 0.6) is 0 Å². The monoisotopic (exact) mass is 595 g/mol. The first-order chi connectivity index (χ1) is 15.9. The van der Waals surface area contributed by atoms with Gasteiger partial charge in [-0.05, 0) is 86.4 Å². The van der Waals surface area contributed by atoms with E-state index in [0.717, 1.165) is 54.0 Å². The summed E-state index contributed by atoms with van der Waals surface area (Å²) in [7, 11) is 0. The van der Waals surface area contributed by atoms with Crippen molar-refractivity contribution in [1.82, 2.24) is 4.98 Å². The minimum Gasteiger partial charge on any atom is -1.00 e. The molecule has 2 aromatic carbocycles. The fraction of sp³-hybridized carbons (Fsp3) is 0.367. The van der Waals surface area contributed by atoms with E-state index in [1.807, 2.05) is 12.4 Å². The first kappa shape index (κ1) is 37.5. The molecule has 0 fully saturated rings. The number of hydrogen-bond acceptors (Lipinski definition) is 3. The largest absolute Gasteiger partial charge is 3.00 e. The molecule has 0 unspecified atom stereocenters. The molecular weight excluding hydrogens is 560 g/mol. The van der Waals surface area contributed by atoms with Gasteiger partial charge in [-0.15, -0.1) is 0 Å². The maximum Gasteiger partial charge on any atom is 3.00 e. The molecule has 198 valence electrons. The van der Waals surface area contributed by atoms with Crippen LogP contribution in [-0.2, 0) is 44.2 Å². The Labute approximate surface area is 254 Å². The summed E-state index contributed by atoms with van der Waals surface area (Å²) in [5.74, 6) is 0. The van der Waals surface area contributed by atoms with Crippen LogP contribution in [0.2, 0.25) is 0 Å². The van der Waals surface area contributed by atoms with Crippen LogP contribution in [0.4, 0.5) is 11.4 Å². The summed E-state index contributed by atoms with van der Waals surface area (Å²) in [5, 5.41) is 0. The Morgan fingerprint density at radius 3 is 1.08 bits per heavy atom. The van der Waals surface area contributed by atoms with Crippen LogP contribution >= 0.6 is 0 Å². The van der Waals surface area contributed by atoms with Gasteiger partial charge in [-0.25, -0.2) is 4.98 Å².